The first-order valence-electron chi connectivity index (χ1n) is 7.49. The van der Waals surface area contributed by atoms with Crippen LogP contribution in [-0.2, 0) is 4.79 Å². The molecule has 0 saturated carbocycles. The monoisotopic (exact) mass is 313 g/mol. The van der Waals surface area contributed by atoms with Gasteiger partial charge in [-0.2, -0.15) is 0 Å². The van der Waals surface area contributed by atoms with Gasteiger partial charge in [-0.25, -0.2) is 9.48 Å². The highest BCUT2D eigenvalue weighted by atomic mass is 16.2. The molecule has 0 aliphatic carbocycles. The van der Waals surface area contributed by atoms with Crippen LogP contribution in [0.15, 0.2) is 36.5 Å². The molecule has 2 aromatic rings. The molecule has 1 unspecified atom stereocenters. The summed E-state index contributed by atoms with van der Waals surface area (Å²) >= 11 is 0. The lowest BCUT2D eigenvalue weighted by Crippen LogP contribution is -2.42. The number of anilines is 1. The van der Waals surface area contributed by atoms with Crippen LogP contribution in [0.3, 0.4) is 0 Å². The van der Waals surface area contributed by atoms with Gasteiger partial charge < -0.3 is 10.2 Å². The minimum absolute atomic E-state index is 0.0633. The van der Waals surface area contributed by atoms with E-state index in [4.69, 9.17) is 0 Å². The van der Waals surface area contributed by atoms with Crippen molar-refractivity contribution in [1.29, 1.82) is 0 Å². The smallest absolute Gasteiger partial charge is 0.321 e. The number of amides is 3. The Hall–Kier alpha value is -2.83. The quantitative estimate of drug-likeness (QED) is 0.902. The number of hydrogen-bond donors (Lipinski definition) is 2. The molecule has 1 aliphatic heterocycles. The van der Waals surface area contributed by atoms with Crippen molar-refractivity contribution in [1.82, 2.24) is 20.0 Å². The van der Waals surface area contributed by atoms with Gasteiger partial charge in [-0.3, -0.25) is 10.1 Å². The predicted molar refractivity (Wildman–Crippen MR) is 86.5 cm³/mol. The molecule has 1 aromatic carbocycles. The normalized spacial score (nSPS) is 17.4. The fraction of sp³-hybridized carbons (Fsp3) is 0.312. The van der Waals surface area contributed by atoms with Gasteiger partial charge in [-0.05, 0) is 25.5 Å². The molecular formula is C16H19N5O2. The third kappa shape index (κ3) is 3.18. The van der Waals surface area contributed by atoms with Gasteiger partial charge in [-0.15, -0.1) is 5.10 Å². The van der Waals surface area contributed by atoms with Crippen LogP contribution < -0.4 is 10.6 Å². The Labute approximate surface area is 134 Å². The highest BCUT2D eigenvalue weighted by molar-refractivity contribution is 5.94. The average Bonchev–Trinajstić information content (AvgIpc) is 3.06. The van der Waals surface area contributed by atoms with Crippen LogP contribution in [0.2, 0.25) is 0 Å². The summed E-state index contributed by atoms with van der Waals surface area (Å²) in [5.74, 6) is 0.414. The molecule has 3 amide bonds. The van der Waals surface area contributed by atoms with Gasteiger partial charge in [0.2, 0.25) is 5.91 Å². The molecule has 23 heavy (non-hydrogen) atoms. The molecule has 1 aromatic heterocycles. The van der Waals surface area contributed by atoms with Gasteiger partial charge in [0, 0.05) is 25.4 Å². The van der Waals surface area contributed by atoms with E-state index < -0.39 is 12.1 Å². The van der Waals surface area contributed by atoms with Crippen molar-refractivity contribution in [2.75, 3.05) is 18.9 Å². The summed E-state index contributed by atoms with van der Waals surface area (Å²) in [6.07, 6.45) is 2.47. The van der Waals surface area contributed by atoms with Gasteiger partial charge in [0.15, 0.2) is 5.82 Å². The van der Waals surface area contributed by atoms with Crippen molar-refractivity contribution in [2.24, 2.45) is 0 Å². The SMILES string of the molecule is Cc1cn(-c2ccccc2)nc1NC(=O)NC1CCN(C)C1=O. The fourth-order valence-electron chi connectivity index (χ4n) is 2.55. The van der Waals surface area contributed by atoms with E-state index in [0.29, 0.717) is 18.8 Å². The fourth-order valence-corrected chi connectivity index (χ4v) is 2.55. The predicted octanol–water partition coefficient (Wildman–Crippen LogP) is 1.53. The number of benzene rings is 1. The molecule has 1 saturated heterocycles. The van der Waals surface area contributed by atoms with Crippen molar-refractivity contribution in [3.05, 3.63) is 42.1 Å². The Bertz CT molecular complexity index is 725. The topological polar surface area (TPSA) is 79.3 Å². The summed E-state index contributed by atoms with van der Waals surface area (Å²) in [7, 11) is 1.73. The maximum absolute atomic E-state index is 12.1. The summed E-state index contributed by atoms with van der Waals surface area (Å²) in [5.41, 5.74) is 1.76. The Kier molecular flexibility index (Phi) is 4.01. The Morgan fingerprint density at radius 1 is 1.30 bits per heavy atom. The van der Waals surface area contributed by atoms with Crippen molar-refractivity contribution in [3.63, 3.8) is 0 Å². The number of likely N-dealkylation sites (N-methyl/N-ethyl adjacent to an activating group) is 1. The lowest BCUT2D eigenvalue weighted by atomic mass is 10.2. The molecular weight excluding hydrogens is 294 g/mol. The number of para-hydroxylation sites is 1. The average molecular weight is 313 g/mol. The molecule has 1 aliphatic rings. The van der Waals surface area contributed by atoms with Crippen LogP contribution in [-0.4, -0.2) is 46.3 Å². The zero-order valence-corrected chi connectivity index (χ0v) is 13.1. The van der Waals surface area contributed by atoms with Gasteiger partial charge in [0.05, 0.1) is 5.69 Å². The van der Waals surface area contributed by atoms with Crippen molar-refractivity contribution >= 4 is 17.8 Å². The summed E-state index contributed by atoms with van der Waals surface area (Å²) in [6.45, 7) is 2.53. The van der Waals surface area contributed by atoms with Crippen LogP contribution in [0.25, 0.3) is 5.69 Å². The Morgan fingerprint density at radius 2 is 2.04 bits per heavy atom. The summed E-state index contributed by atoms with van der Waals surface area (Å²) < 4.78 is 1.71. The number of nitrogens with one attached hydrogen (secondary N) is 2. The lowest BCUT2D eigenvalue weighted by Gasteiger charge is -2.12. The number of aromatic nitrogens is 2. The lowest BCUT2D eigenvalue weighted by molar-refractivity contribution is -0.128. The highest BCUT2D eigenvalue weighted by Gasteiger charge is 2.30. The molecule has 0 bridgehead atoms. The Morgan fingerprint density at radius 3 is 2.70 bits per heavy atom. The first kappa shape index (κ1) is 15.1. The van der Waals surface area contributed by atoms with Crippen LogP contribution in [0, 0.1) is 6.92 Å². The first-order valence-corrected chi connectivity index (χ1v) is 7.49. The standard InChI is InChI=1S/C16H19N5O2/c1-11-10-21(12-6-4-3-5-7-12)19-14(11)18-16(23)17-13-8-9-20(2)15(13)22/h3-7,10,13H,8-9H2,1-2H3,(H2,17,18,19,23). The van der Waals surface area contributed by atoms with E-state index in [1.807, 2.05) is 43.5 Å². The number of likely N-dealkylation sites (tertiary alicyclic amines) is 1. The summed E-state index contributed by atoms with van der Waals surface area (Å²) in [5, 5.41) is 9.78. The van der Waals surface area contributed by atoms with E-state index in [9.17, 15) is 9.59 Å². The van der Waals surface area contributed by atoms with Crippen LogP contribution in [0.5, 0.6) is 0 Å². The minimum Gasteiger partial charge on any atom is -0.344 e. The zero-order chi connectivity index (χ0) is 16.4. The van der Waals surface area contributed by atoms with Crippen LogP contribution >= 0.6 is 0 Å². The van der Waals surface area contributed by atoms with Crippen molar-refractivity contribution < 1.29 is 9.59 Å². The number of rotatable bonds is 3. The summed E-state index contributed by atoms with van der Waals surface area (Å²) in [6, 6.07) is 8.77. The molecule has 120 valence electrons. The molecule has 1 atom stereocenters. The highest BCUT2D eigenvalue weighted by Crippen LogP contribution is 2.16. The molecule has 7 nitrogen and oxygen atoms in total. The van der Waals surface area contributed by atoms with Crippen molar-refractivity contribution in [2.45, 2.75) is 19.4 Å². The third-order valence-electron chi connectivity index (χ3n) is 3.88. The van der Waals surface area contributed by atoms with E-state index in [1.54, 1.807) is 16.6 Å². The molecule has 0 radical (unpaired) electrons. The number of carbonyl (C=O) groups is 2. The van der Waals surface area contributed by atoms with Crippen LogP contribution in [0.4, 0.5) is 10.6 Å². The van der Waals surface area contributed by atoms with Crippen molar-refractivity contribution in [3.8, 4) is 5.69 Å². The van der Waals surface area contributed by atoms with E-state index >= 15 is 0 Å². The van der Waals surface area contributed by atoms with Gasteiger partial charge in [0.25, 0.3) is 0 Å². The number of carbonyl (C=O) groups excluding carboxylic acids is 2. The molecule has 0 spiro atoms. The second-order valence-electron chi connectivity index (χ2n) is 5.64. The minimum atomic E-state index is -0.462. The molecule has 2 N–H and O–H groups in total. The maximum Gasteiger partial charge on any atom is 0.321 e. The number of hydrogen-bond acceptors (Lipinski definition) is 3. The third-order valence-corrected chi connectivity index (χ3v) is 3.88. The summed E-state index contributed by atoms with van der Waals surface area (Å²) in [4.78, 5) is 25.5. The molecule has 2 heterocycles. The van der Waals surface area contributed by atoms with E-state index in [2.05, 4.69) is 15.7 Å². The van der Waals surface area contributed by atoms with E-state index in [-0.39, 0.29) is 5.91 Å². The second kappa shape index (κ2) is 6.12. The number of nitrogens with zero attached hydrogens (tertiary/aromatic N) is 3. The Balaban J connectivity index is 1.67. The first-order chi connectivity index (χ1) is 11.0. The number of aryl methyl sites for hydroxylation is 1. The van der Waals surface area contributed by atoms with Gasteiger partial charge >= 0.3 is 6.03 Å². The largest absolute Gasteiger partial charge is 0.344 e. The van der Waals surface area contributed by atoms with Gasteiger partial charge in [-0.1, -0.05) is 18.2 Å². The van der Waals surface area contributed by atoms with Crippen LogP contribution in [0.1, 0.15) is 12.0 Å². The second-order valence-corrected chi connectivity index (χ2v) is 5.64. The molecule has 1 fully saturated rings. The van der Waals surface area contributed by atoms with Gasteiger partial charge in [0.1, 0.15) is 6.04 Å². The molecule has 7 heteroatoms. The maximum atomic E-state index is 12.1. The van der Waals surface area contributed by atoms with E-state index in [0.717, 1.165) is 11.3 Å². The zero-order valence-electron chi connectivity index (χ0n) is 13.1. The number of urea groups is 1. The van der Waals surface area contributed by atoms with E-state index in [1.165, 1.54) is 0 Å². The molecule has 3 rings (SSSR count).